The minimum atomic E-state index is 0.679. The van der Waals surface area contributed by atoms with Gasteiger partial charge in [0.1, 0.15) is 0 Å². The molecule has 0 amide bonds. The second kappa shape index (κ2) is 8.77. The van der Waals surface area contributed by atoms with E-state index < -0.39 is 0 Å². The van der Waals surface area contributed by atoms with Gasteiger partial charge < -0.3 is 15.0 Å². The SMILES string of the molecule is COCCN(C)CCNC1=NCC(CC(C)C)S1. The number of hydrogen-bond donors (Lipinski definition) is 1. The average molecular weight is 273 g/mol. The molecule has 106 valence electrons. The zero-order valence-corrected chi connectivity index (χ0v) is 12.9. The molecule has 1 atom stereocenters. The van der Waals surface area contributed by atoms with Crippen LogP contribution in [-0.4, -0.2) is 62.3 Å². The highest BCUT2D eigenvalue weighted by Crippen LogP contribution is 2.25. The number of likely N-dealkylation sites (N-methyl/N-ethyl adjacent to an activating group) is 1. The molecule has 0 saturated heterocycles. The molecule has 0 aromatic carbocycles. The van der Waals surface area contributed by atoms with Gasteiger partial charge in [-0.1, -0.05) is 25.6 Å². The van der Waals surface area contributed by atoms with Crippen LogP contribution < -0.4 is 5.32 Å². The molecule has 0 fully saturated rings. The van der Waals surface area contributed by atoms with Crippen molar-refractivity contribution >= 4 is 16.9 Å². The lowest BCUT2D eigenvalue weighted by Gasteiger charge is -2.16. The Kier molecular flexibility index (Phi) is 7.70. The van der Waals surface area contributed by atoms with Gasteiger partial charge in [-0.25, -0.2) is 0 Å². The van der Waals surface area contributed by atoms with E-state index in [1.165, 1.54) is 6.42 Å². The van der Waals surface area contributed by atoms with Crippen molar-refractivity contribution in [3.63, 3.8) is 0 Å². The third kappa shape index (κ3) is 6.61. The topological polar surface area (TPSA) is 36.9 Å². The molecule has 4 nitrogen and oxygen atoms in total. The lowest BCUT2D eigenvalue weighted by Crippen LogP contribution is -2.33. The standard InChI is InChI=1S/C13H27N3OS/c1-11(2)9-12-10-15-13(18-12)14-5-6-16(3)7-8-17-4/h11-12H,5-10H2,1-4H3,(H,14,15). The minimum absolute atomic E-state index is 0.679. The van der Waals surface area contributed by atoms with E-state index in [9.17, 15) is 0 Å². The highest BCUT2D eigenvalue weighted by Gasteiger charge is 2.20. The lowest BCUT2D eigenvalue weighted by atomic mass is 10.1. The van der Waals surface area contributed by atoms with Gasteiger partial charge in [-0.2, -0.15) is 0 Å². The van der Waals surface area contributed by atoms with E-state index in [1.54, 1.807) is 7.11 Å². The first-order chi connectivity index (χ1) is 8.61. The predicted octanol–water partition coefficient (Wildman–Crippen LogP) is 1.67. The van der Waals surface area contributed by atoms with Crippen LogP contribution >= 0.6 is 11.8 Å². The summed E-state index contributed by atoms with van der Waals surface area (Å²) in [5, 5.41) is 5.23. The van der Waals surface area contributed by atoms with E-state index in [4.69, 9.17) is 4.74 Å². The molecule has 0 aromatic rings. The van der Waals surface area contributed by atoms with Gasteiger partial charge >= 0.3 is 0 Å². The first kappa shape index (κ1) is 15.8. The number of aliphatic imine (C=N–C) groups is 1. The van der Waals surface area contributed by atoms with Crippen LogP contribution in [0.15, 0.2) is 4.99 Å². The summed E-state index contributed by atoms with van der Waals surface area (Å²) >= 11 is 1.90. The zero-order valence-electron chi connectivity index (χ0n) is 12.1. The highest BCUT2D eigenvalue weighted by molar-refractivity contribution is 8.14. The molecule has 1 N–H and O–H groups in total. The fourth-order valence-corrected chi connectivity index (χ4v) is 3.16. The van der Waals surface area contributed by atoms with Crippen molar-refractivity contribution in [2.45, 2.75) is 25.5 Å². The molecule has 5 heteroatoms. The van der Waals surface area contributed by atoms with Crippen LogP contribution in [0.3, 0.4) is 0 Å². The number of hydrogen-bond acceptors (Lipinski definition) is 5. The molecular formula is C13H27N3OS. The number of rotatable bonds is 8. The van der Waals surface area contributed by atoms with Crippen LogP contribution in [0.5, 0.6) is 0 Å². The van der Waals surface area contributed by atoms with E-state index >= 15 is 0 Å². The van der Waals surface area contributed by atoms with Crippen molar-refractivity contribution < 1.29 is 4.74 Å². The molecule has 0 bridgehead atoms. The summed E-state index contributed by atoms with van der Waals surface area (Å²) in [6, 6.07) is 0. The Morgan fingerprint density at radius 2 is 2.28 bits per heavy atom. The van der Waals surface area contributed by atoms with Gasteiger partial charge in [0.2, 0.25) is 0 Å². The van der Waals surface area contributed by atoms with Crippen LogP contribution in [0.2, 0.25) is 0 Å². The van der Waals surface area contributed by atoms with E-state index in [2.05, 4.69) is 36.1 Å². The Bertz CT molecular complexity index is 259. The van der Waals surface area contributed by atoms with E-state index in [0.717, 1.165) is 43.9 Å². The van der Waals surface area contributed by atoms with Crippen LogP contribution in [-0.2, 0) is 4.74 Å². The summed E-state index contributed by atoms with van der Waals surface area (Å²) in [5.74, 6) is 0.761. The van der Waals surface area contributed by atoms with Gasteiger partial charge in [-0.3, -0.25) is 4.99 Å². The number of nitrogens with one attached hydrogen (secondary N) is 1. The van der Waals surface area contributed by atoms with Gasteiger partial charge in [0.25, 0.3) is 0 Å². The Labute approximate surface area is 116 Å². The van der Waals surface area contributed by atoms with Crippen molar-refractivity contribution in [1.82, 2.24) is 10.2 Å². The maximum Gasteiger partial charge on any atom is 0.156 e. The Morgan fingerprint density at radius 1 is 1.50 bits per heavy atom. The molecular weight excluding hydrogens is 246 g/mol. The fraction of sp³-hybridized carbons (Fsp3) is 0.923. The van der Waals surface area contributed by atoms with Crippen molar-refractivity contribution in [2.24, 2.45) is 10.9 Å². The highest BCUT2D eigenvalue weighted by atomic mass is 32.2. The number of methoxy groups -OCH3 is 1. The van der Waals surface area contributed by atoms with Crippen LogP contribution in [0, 0.1) is 5.92 Å². The molecule has 1 aliphatic rings. The summed E-state index contributed by atoms with van der Waals surface area (Å²) in [4.78, 5) is 6.82. The number of ether oxygens (including phenoxy) is 1. The zero-order chi connectivity index (χ0) is 13.4. The Morgan fingerprint density at radius 3 is 2.94 bits per heavy atom. The van der Waals surface area contributed by atoms with Crippen molar-refractivity contribution in [3.05, 3.63) is 0 Å². The number of amidine groups is 1. The van der Waals surface area contributed by atoms with Gasteiger partial charge in [0, 0.05) is 32.0 Å². The molecule has 0 saturated carbocycles. The summed E-state index contributed by atoms with van der Waals surface area (Å²) in [7, 11) is 3.86. The van der Waals surface area contributed by atoms with Crippen LogP contribution in [0.1, 0.15) is 20.3 Å². The van der Waals surface area contributed by atoms with E-state index in [1.807, 2.05) is 11.8 Å². The second-order valence-electron chi connectivity index (χ2n) is 5.24. The van der Waals surface area contributed by atoms with Crippen molar-refractivity contribution in [1.29, 1.82) is 0 Å². The summed E-state index contributed by atoms with van der Waals surface area (Å²) in [5.41, 5.74) is 0. The Hall–Kier alpha value is -0.260. The van der Waals surface area contributed by atoms with Crippen molar-refractivity contribution in [2.75, 3.05) is 46.9 Å². The van der Waals surface area contributed by atoms with E-state index in [0.29, 0.717) is 5.25 Å². The average Bonchev–Trinajstić information content (AvgIpc) is 2.73. The normalized spacial score (nSPS) is 19.7. The van der Waals surface area contributed by atoms with Gasteiger partial charge in [0.15, 0.2) is 5.17 Å². The molecule has 1 aliphatic heterocycles. The largest absolute Gasteiger partial charge is 0.383 e. The molecule has 18 heavy (non-hydrogen) atoms. The Balaban J connectivity index is 2.07. The monoisotopic (exact) mass is 273 g/mol. The molecule has 1 rings (SSSR count). The quantitative estimate of drug-likeness (QED) is 0.730. The van der Waals surface area contributed by atoms with Gasteiger partial charge in [0.05, 0.1) is 13.2 Å². The number of thioether (sulfide) groups is 1. The molecule has 0 spiro atoms. The molecule has 0 aliphatic carbocycles. The maximum absolute atomic E-state index is 5.05. The molecule has 1 unspecified atom stereocenters. The molecule has 1 heterocycles. The third-order valence-electron chi connectivity index (χ3n) is 2.90. The first-order valence-corrected chi connectivity index (χ1v) is 7.62. The van der Waals surface area contributed by atoms with Gasteiger partial charge in [-0.05, 0) is 19.4 Å². The predicted molar refractivity (Wildman–Crippen MR) is 80.5 cm³/mol. The summed E-state index contributed by atoms with van der Waals surface area (Å²) in [6.45, 7) is 9.28. The minimum Gasteiger partial charge on any atom is -0.383 e. The second-order valence-corrected chi connectivity index (χ2v) is 6.53. The van der Waals surface area contributed by atoms with E-state index in [-0.39, 0.29) is 0 Å². The van der Waals surface area contributed by atoms with Crippen molar-refractivity contribution in [3.8, 4) is 0 Å². The molecule has 0 aromatic heterocycles. The van der Waals surface area contributed by atoms with Crippen LogP contribution in [0.4, 0.5) is 0 Å². The van der Waals surface area contributed by atoms with Gasteiger partial charge in [-0.15, -0.1) is 0 Å². The fourth-order valence-electron chi connectivity index (χ4n) is 1.88. The maximum atomic E-state index is 5.05. The number of nitrogens with zero attached hydrogens (tertiary/aromatic N) is 2. The molecule has 0 radical (unpaired) electrons. The summed E-state index contributed by atoms with van der Waals surface area (Å²) in [6.07, 6.45) is 1.26. The van der Waals surface area contributed by atoms with Crippen LogP contribution in [0.25, 0.3) is 0 Å². The summed E-state index contributed by atoms with van der Waals surface area (Å²) < 4.78 is 5.05. The smallest absolute Gasteiger partial charge is 0.156 e. The third-order valence-corrected chi connectivity index (χ3v) is 4.07. The lowest BCUT2D eigenvalue weighted by molar-refractivity contribution is 0.162. The first-order valence-electron chi connectivity index (χ1n) is 6.74.